The first-order valence-corrected chi connectivity index (χ1v) is 6.73. The van der Waals surface area contributed by atoms with Crippen LogP contribution >= 0.6 is 0 Å². The van der Waals surface area contributed by atoms with Gasteiger partial charge in [0.2, 0.25) is 6.79 Å². The lowest BCUT2D eigenvalue weighted by molar-refractivity contribution is 0.173. The predicted octanol–water partition coefficient (Wildman–Crippen LogP) is 2.38. The van der Waals surface area contributed by atoms with Crippen LogP contribution < -0.4 is 9.47 Å². The third-order valence-corrected chi connectivity index (χ3v) is 3.78. The van der Waals surface area contributed by atoms with Gasteiger partial charge in [-0.2, -0.15) is 0 Å². The second-order valence-corrected chi connectivity index (χ2v) is 5.03. The summed E-state index contributed by atoms with van der Waals surface area (Å²) in [5.74, 6) is 1.97. The molecule has 5 heteroatoms. The molecule has 1 aromatic heterocycles. The van der Waals surface area contributed by atoms with Crippen molar-refractivity contribution in [2.24, 2.45) is 7.05 Å². The number of aliphatic hydroxyl groups excluding tert-OH is 1. The first-order chi connectivity index (χ1) is 10.2. The minimum atomic E-state index is -0.808. The molecule has 2 heterocycles. The summed E-state index contributed by atoms with van der Waals surface area (Å²) in [6, 6.07) is 13.3. The maximum Gasteiger partial charge on any atom is 0.231 e. The fourth-order valence-corrected chi connectivity index (χ4v) is 2.64. The Labute approximate surface area is 121 Å². The van der Waals surface area contributed by atoms with Gasteiger partial charge in [0, 0.05) is 7.05 Å². The van der Waals surface area contributed by atoms with Crippen molar-refractivity contribution in [1.29, 1.82) is 0 Å². The Hall–Kier alpha value is -2.53. The molecular formula is C16H14N2O3. The molecule has 1 atom stereocenters. The minimum Gasteiger partial charge on any atom is -0.454 e. The van der Waals surface area contributed by atoms with Crippen molar-refractivity contribution < 1.29 is 14.6 Å². The van der Waals surface area contributed by atoms with Crippen LogP contribution in [0.25, 0.3) is 11.0 Å². The molecule has 1 aliphatic heterocycles. The van der Waals surface area contributed by atoms with E-state index in [9.17, 15) is 5.11 Å². The summed E-state index contributed by atoms with van der Waals surface area (Å²) in [6.07, 6.45) is -0.808. The van der Waals surface area contributed by atoms with Gasteiger partial charge in [0.15, 0.2) is 11.5 Å². The van der Waals surface area contributed by atoms with Gasteiger partial charge in [-0.3, -0.25) is 0 Å². The topological polar surface area (TPSA) is 56.5 Å². The average molecular weight is 282 g/mol. The van der Waals surface area contributed by atoms with Crippen LogP contribution in [0.1, 0.15) is 17.5 Å². The Kier molecular flexibility index (Phi) is 2.62. The highest BCUT2D eigenvalue weighted by molar-refractivity contribution is 5.76. The molecule has 0 spiro atoms. The van der Waals surface area contributed by atoms with Gasteiger partial charge < -0.3 is 19.1 Å². The molecule has 2 aromatic carbocycles. The van der Waals surface area contributed by atoms with E-state index in [-0.39, 0.29) is 6.79 Å². The molecule has 0 amide bonds. The summed E-state index contributed by atoms with van der Waals surface area (Å²) in [7, 11) is 1.90. The first kappa shape index (κ1) is 12.2. The molecule has 21 heavy (non-hydrogen) atoms. The first-order valence-electron chi connectivity index (χ1n) is 6.73. The molecule has 3 aromatic rings. The lowest BCUT2D eigenvalue weighted by Gasteiger charge is -2.11. The van der Waals surface area contributed by atoms with Crippen LogP contribution in [-0.4, -0.2) is 21.5 Å². The van der Waals surface area contributed by atoms with Crippen LogP contribution in [0.5, 0.6) is 11.5 Å². The number of nitrogens with zero attached hydrogens (tertiary/aromatic N) is 2. The van der Waals surface area contributed by atoms with E-state index in [2.05, 4.69) is 4.98 Å². The molecular weight excluding hydrogens is 268 g/mol. The van der Waals surface area contributed by atoms with Gasteiger partial charge in [0.1, 0.15) is 11.9 Å². The number of imidazole rings is 1. The maximum atomic E-state index is 10.6. The molecule has 1 aliphatic rings. The van der Waals surface area contributed by atoms with Crippen LogP contribution in [-0.2, 0) is 7.05 Å². The van der Waals surface area contributed by atoms with E-state index in [1.165, 1.54) is 0 Å². The molecule has 1 N–H and O–H groups in total. The summed E-state index contributed by atoms with van der Waals surface area (Å²) in [5.41, 5.74) is 2.60. The van der Waals surface area contributed by atoms with Crippen molar-refractivity contribution >= 4 is 11.0 Å². The number of hydrogen-bond donors (Lipinski definition) is 1. The van der Waals surface area contributed by atoms with Gasteiger partial charge in [0.25, 0.3) is 0 Å². The van der Waals surface area contributed by atoms with Crippen molar-refractivity contribution in [1.82, 2.24) is 9.55 Å². The van der Waals surface area contributed by atoms with Crippen molar-refractivity contribution in [3.8, 4) is 11.5 Å². The zero-order valence-electron chi connectivity index (χ0n) is 11.5. The molecule has 0 saturated heterocycles. The van der Waals surface area contributed by atoms with Crippen LogP contribution in [0.3, 0.4) is 0 Å². The van der Waals surface area contributed by atoms with Crippen molar-refractivity contribution in [3.05, 3.63) is 53.9 Å². The van der Waals surface area contributed by atoms with Crippen molar-refractivity contribution in [2.75, 3.05) is 6.79 Å². The fourth-order valence-electron chi connectivity index (χ4n) is 2.64. The number of aliphatic hydroxyl groups is 1. The van der Waals surface area contributed by atoms with Crippen LogP contribution in [0, 0.1) is 0 Å². The van der Waals surface area contributed by atoms with E-state index < -0.39 is 6.10 Å². The molecule has 0 fully saturated rings. The maximum absolute atomic E-state index is 10.6. The third kappa shape index (κ3) is 1.86. The SMILES string of the molecule is Cn1c([C@H](O)c2ccc3c(c2)OCO3)nc2ccccc21. The highest BCUT2D eigenvalue weighted by Crippen LogP contribution is 2.35. The molecule has 0 unspecified atom stereocenters. The summed E-state index contributed by atoms with van der Waals surface area (Å²) in [5, 5.41) is 10.6. The lowest BCUT2D eigenvalue weighted by atomic mass is 10.1. The average Bonchev–Trinajstić information content (AvgIpc) is 3.11. The summed E-state index contributed by atoms with van der Waals surface area (Å²) in [4.78, 5) is 4.52. The number of benzene rings is 2. The molecule has 0 aliphatic carbocycles. The molecule has 0 saturated carbocycles. The van der Waals surface area contributed by atoms with Gasteiger partial charge >= 0.3 is 0 Å². The van der Waals surface area contributed by atoms with Crippen molar-refractivity contribution in [3.63, 3.8) is 0 Å². The number of para-hydroxylation sites is 2. The zero-order valence-corrected chi connectivity index (χ0v) is 11.5. The summed E-state index contributed by atoms with van der Waals surface area (Å²) in [6.45, 7) is 0.223. The van der Waals surface area contributed by atoms with Crippen molar-refractivity contribution in [2.45, 2.75) is 6.10 Å². The number of aromatic nitrogens is 2. The summed E-state index contributed by atoms with van der Waals surface area (Å²) < 4.78 is 12.5. The highest BCUT2D eigenvalue weighted by Gasteiger charge is 2.21. The zero-order chi connectivity index (χ0) is 14.4. The van der Waals surface area contributed by atoms with E-state index in [1.54, 1.807) is 6.07 Å². The number of ether oxygens (including phenoxy) is 2. The lowest BCUT2D eigenvalue weighted by Crippen LogP contribution is -2.07. The monoisotopic (exact) mass is 282 g/mol. The summed E-state index contributed by atoms with van der Waals surface area (Å²) >= 11 is 0. The van der Waals surface area contributed by atoms with E-state index in [1.807, 2.05) is 48.0 Å². The van der Waals surface area contributed by atoms with Crippen LogP contribution in [0.4, 0.5) is 0 Å². The standard InChI is InChI=1S/C16H14N2O3/c1-18-12-5-3-2-4-11(12)17-16(18)15(19)10-6-7-13-14(8-10)21-9-20-13/h2-8,15,19H,9H2,1H3/t15-/m1/s1. The highest BCUT2D eigenvalue weighted by atomic mass is 16.7. The quantitative estimate of drug-likeness (QED) is 0.784. The van der Waals surface area contributed by atoms with Gasteiger partial charge in [-0.25, -0.2) is 4.98 Å². The van der Waals surface area contributed by atoms with Gasteiger partial charge in [-0.1, -0.05) is 18.2 Å². The fraction of sp³-hybridized carbons (Fsp3) is 0.188. The largest absolute Gasteiger partial charge is 0.454 e. The number of aryl methyl sites for hydroxylation is 1. The molecule has 5 nitrogen and oxygen atoms in total. The second-order valence-electron chi connectivity index (χ2n) is 5.03. The Balaban J connectivity index is 1.79. The van der Waals surface area contributed by atoms with Crippen LogP contribution in [0.2, 0.25) is 0 Å². The Morgan fingerprint density at radius 2 is 1.95 bits per heavy atom. The molecule has 106 valence electrons. The minimum absolute atomic E-state index is 0.223. The molecule has 0 radical (unpaired) electrons. The normalized spacial score (nSPS) is 14.6. The predicted molar refractivity (Wildman–Crippen MR) is 77.3 cm³/mol. The van der Waals surface area contributed by atoms with Gasteiger partial charge in [-0.05, 0) is 29.8 Å². The smallest absolute Gasteiger partial charge is 0.231 e. The van der Waals surface area contributed by atoms with E-state index in [0.29, 0.717) is 17.3 Å². The Morgan fingerprint density at radius 3 is 2.81 bits per heavy atom. The Bertz CT molecular complexity index is 826. The van der Waals surface area contributed by atoms with E-state index in [4.69, 9.17) is 9.47 Å². The van der Waals surface area contributed by atoms with E-state index >= 15 is 0 Å². The molecule has 4 rings (SSSR count). The van der Waals surface area contributed by atoms with E-state index in [0.717, 1.165) is 16.6 Å². The number of hydrogen-bond acceptors (Lipinski definition) is 4. The van der Waals surface area contributed by atoms with Gasteiger partial charge in [-0.15, -0.1) is 0 Å². The van der Waals surface area contributed by atoms with Gasteiger partial charge in [0.05, 0.1) is 11.0 Å². The number of rotatable bonds is 2. The molecule has 0 bridgehead atoms. The third-order valence-electron chi connectivity index (χ3n) is 3.78. The van der Waals surface area contributed by atoms with Crippen LogP contribution in [0.15, 0.2) is 42.5 Å². The Morgan fingerprint density at radius 1 is 1.14 bits per heavy atom. The second kappa shape index (κ2) is 4.49. The number of fused-ring (bicyclic) bond motifs is 2.